The van der Waals surface area contributed by atoms with Gasteiger partial charge in [-0.15, -0.1) is 0 Å². The summed E-state index contributed by atoms with van der Waals surface area (Å²) in [6, 6.07) is 0. The quantitative estimate of drug-likeness (QED) is 0.758. The monoisotopic (exact) mass is 282 g/mol. The first-order chi connectivity index (χ1) is 9.85. The lowest BCUT2D eigenvalue weighted by Gasteiger charge is -2.41. The molecule has 0 aliphatic carbocycles. The lowest BCUT2D eigenvalue weighted by atomic mass is 9.81. The third-order valence-corrected chi connectivity index (χ3v) is 4.84. The van der Waals surface area contributed by atoms with Crippen molar-refractivity contribution in [3.8, 4) is 0 Å². The zero-order chi connectivity index (χ0) is 14.1. The maximum atomic E-state index is 5.85. The van der Waals surface area contributed by atoms with Crippen molar-refractivity contribution in [2.75, 3.05) is 45.9 Å². The number of nitrogens with one attached hydrogen (secondary N) is 1. The van der Waals surface area contributed by atoms with Crippen LogP contribution < -0.4 is 5.32 Å². The molecule has 3 heteroatoms. The van der Waals surface area contributed by atoms with Crippen molar-refractivity contribution in [2.24, 2.45) is 5.41 Å². The molecular weight excluding hydrogens is 248 g/mol. The van der Waals surface area contributed by atoms with Crippen LogP contribution in [0.1, 0.15) is 58.3 Å². The van der Waals surface area contributed by atoms with Crippen LogP contribution in [-0.4, -0.2) is 50.8 Å². The normalized spacial score (nSPS) is 29.9. The van der Waals surface area contributed by atoms with E-state index in [1.165, 1.54) is 71.0 Å². The van der Waals surface area contributed by atoms with E-state index in [1.807, 2.05) is 0 Å². The van der Waals surface area contributed by atoms with E-state index < -0.39 is 0 Å². The van der Waals surface area contributed by atoms with E-state index in [4.69, 9.17) is 4.74 Å². The number of nitrogens with zero attached hydrogens (tertiary/aromatic N) is 1. The summed E-state index contributed by atoms with van der Waals surface area (Å²) in [6.45, 7) is 10.3. The average molecular weight is 282 g/mol. The van der Waals surface area contributed by atoms with Crippen molar-refractivity contribution in [1.29, 1.82) is 0 Å². The standard InChI is InChI=1S/C17H34N2O/c1-2-10-18-14-17(9-8-13-20-16-17)15-19-11-6-4-3-5-7-12-19/h18H,2-16H2,1H3. The van der Waals surface area contributed by atoms with E-state index in [2.05, 4.69) is 17.1 Å². The lowest BCUT2D eigenvalue weighted by molar-refractivity contribution is -0.0270. The summed E-state index contributed by atoms with van der Waals surface area (Å²) in [6.07, 6.45) is 10.9. The highest BCUT2D eigenvalue weighted by Crippen LogP contribution is 2.30. The second kappa shape index (κ2) is 9.01. The van der Waals surface area contributed by atoms with Gasteiger partial charge in [0.05, 0.1) is 6.61 Å². The summed E-state index contributed by atoms with van der Waals surface area (Å²) in [5.74, 6) is 0. The first-order valence-electron chi connectivity index (χ1n) is 8.85. The van der Waals surface area contributed by atoms with Gasteiger partial charge in [-0.05, 0) is 51.7 Å². The minimum Gasteiger partial charge on any atom is -0.381 e. The Kier molecular flexibility index (Phi) is 7.32. The zero-order valence-corrected chi connectivity index (χ0v) is 13.5. The highest BCUT2D eigenvalue weighted by molar-refractivity contribution is 4.87. The van der Waals surface area contributed by atoms with Crippen LogP contribution in [-0.2, 0) is 4.74 Å². The van der Waals surface area contributed by atoms with Gasteiger partial charge in [0.25, 0.3) is 0 Å². The van der Waals surface area contributed by atoms with Gasteiger partial charge >= 0.3 is 0 Å². The Morgan fingerprint density at radius 1 is 1.05 bits per heavy atom. The van der Waals surface area contributed by atoms with Crippen LogP contribution in [0.4, 0.5) is 0 Å². The molecule has 2 saturated heterocycles. The van der Waals surface area contributed by atoms with Gasteiger partial charge in [-0.1, -0.05) is 26.2 Å². The summed E-state index contributed by atoms with van der Waals surface area (Å²) in [5, 5.41) is 3.66. The fourth-order valence-electron chi connectivity index (χ4n) is 3.71. The first-order valence-corrected chi connectivity index (χ1v) is 8.85. The average Bonchev–Trinajstić information content (AvgIpc) is 2.43. The molecule has 2 rings (SSSR count). The zero-order valence-electron chi connectivity index (χ0n) is 13.5. The van der Waals surface area contributed by atoms with Crippen molar-refractivity contribution >= 4 is 0 Å². The Labute approximate surface area is 125 Å². The van der Waals surface area contributed by atoms with Crippen LogP contribution in [0.25, 0.3) is 0 Å². The number of likely N-dealkylation sites (tertiary alicyclic amines) is 1. The molecule has 0 aromatic heterocycles. The summed E-state index contributed by atoms with van der Waals surface area (Å²) < 4.78 is 5.85. The Balaban J connectivity index is 1.87. The van der Waals surface area contributed by atoms with E-state index in [1.54, 1.807) is 0 Å². The van der Waals surface area contributed by atoms with Crippen LogP contribution in [0.2, 0.25) is 0 Å². The molecule has 0 aromatic carbocycles. The van der Waals surface area contributed by atoms with E-state index in [0.717, 1.165) is 26.3 Å². The molecule has 2 aliphatic heterocycles. The molecule has 3 nitrogen and oxygen atoms in total. The summed E-state index contributed by atoms with van der Waals surface area (Å²) in [7, 11) is 0. The van der Waals surface area contributed by atoms with Gasteiger partial charge in [0, 0.05) is 25.1 Å². The van der Waals surface area contributed by atoms with Gasteiger partial charge < -0.3 is 15.0 Å². The van der Waals surface area contributed by atoms with Crippen LogP contribution in [0.15, 0.2) is 0 Å². The molecule has 1 N–H and O–H groups in total. The van der Waals surface area contributed by atoms with Gasteiger partial charge in [-0.2, -0.15) is 0 Å². The molecule has 2 heterocycles. The molecule has 1 unspecified atom stereocenters. The smallest absolute Gasteiger partial charge is 0.0546 e. The maximum absolute atomic E-state index is 5.85. The van der Waals surface area contributed by atoms with Crippen molar-refractivity contribution < 1.29 is 4.74 Å². The van der Waals surface area contributed by atoms with Crippen LogP contribution >= 0.6 is 0 Å². The SMILES string of the molecule is CCCNCC1(CN2CCCCCCC2)CCCOC1. The van der Waals surface area contributed by atoms with Crippen LogP contribution in [0.3, 0.4) is 0 Å². The predicted octanol–water partition coefficient (Wildman–Crippen LogP) is 3.05. The fourth-order valence-corrected chi connectivity index (χ4v) is 3.71. The van der Waals surface area contributed by atoms with E-state index in [-0.39, 0.29) is 0 Å². The molecule has 0 radical (unpaired) electrons. The molecule has 2 aliphatic rings. The first kappa shape index (κ1) is 16.3. The van der Waals surface area contributed by atoms with Gasteiger partial charge in [0.1, 0.15) is 0 Å². The fraction of sp³-hybridized carbons (Fsp3) is 1.00. The molecule has 0 saturated carbocycles. The van der Waals surface area contributed by atoms with Gasteiger partial charge in [0.2, 0.25) is 0 Å². The second-order valence-corrected chi connectivity index (χ2v) is 6.88. The molecule has 2 fully saturated rings. The minimum absolute atomic E-state index is 0.368. The molecule has 118 valence electrons. The van der Waals surface area contributed by atoms with E-state index >= 15 is 0 Å². The third-order valence-electron chi connectivity index (χ3n) is 4.84. The second-order valence-electron chi connectivity index (χ2n) is 6.88. The molecule has 20 heavy (non-hydrogen) atoms. The Morgan fingerprint density at radius 2 is 1.80 bits per heavy atom. The summed E-state index contributed by atoms with van der Waals surface area (Å²) in [4.78, 5) is 2.72. The Hall–Kier alpha value is -0.120. The molecule has 0 bridgehead atoms. The van der Waals surface area contributed by atoms with Crippen molar-refractivity contribution in [3.05, 3.63) is 0 Å². The number of hydrogen-bond acceptors (Lipinski definition) is 3. The highest BCUT2D eigenvalue weighted by Gasteiger charge is 2.34. The van der Waals surface area contributed by atoms with Crippen LogP contribution in [0, 0.1) is 5.41 Å². The molecule has 0 spiro atoms. The largest absolute Gasteiger partial charge is 0.381 e. The summed E-state index contributed by atoms with van der Waals surface area (Å²) in [5.41, 5.74) is 0.368. The van der Waals surface area contributed by atoms with E-state index in [0.29, 0.717) is 5.41 Å². The molecule has 0 aromatic rings. The lowest BCUT2D eigenvalue weighted by Crippen LogP contribution is -2.49. The van der Waals surface area contributed by atoms with Crippen LogP contribution in [0.5, 0.6) is 0 Å². The van der Waals surface area contributed by atoms with Crippen molar-refractivity contribution in [3.63, 3.8) is 0 Å². The number of ether oxygens (including phenoxy) is 1. The Bertz CT molecular complexity index is 243. The predicted molar refractivity (Wildman–Crippen MR) is 85.2 cm³/mol. The molecule has 1 atom stereocenters. The molecule has 0 amide bonds. The van der Waals surface area contributed by atoms with Gasteiger partial charge in [-0.25, -0.2) is 0 Å². The van der Waals surface area contributed by atoms with Crippen molar-refractivity contribution in [2.45, 2.75) is 58.3 Å². The third kappa shape index (κ3) is 5.34. The van der Waals surface area contributed by atoms with Gasteiger partial charge in [-0.3, -0.25) is 0 Å². The van der Waals surface area contributed by atoms with Gasteiger partial charge in [0.15, 0.2) is 0 Å². The summed E-state index contributed by atoms with van der Waals surface area (Å²) >= 11 is 0. The maximum Gasteiger partial charge on any atom is 0.0546 e. The minimum atomic E-state index is 0.368. The van der Waals surface area contributed by atoms with Crippen molar-refractivity contribution in [1.82, 2.24) is 10.2 Å². The topological polar surface area (TPSA) is 24.5 Å². The highest BCUT2D eigenvalue weighted by atomic mass is 16.5. The Morgan fingerprint density at radius 3 is 2.45 bits per heavy atom. The number of rotatable bonds is 6. The molecular formula is C17H34N2O. The number of hydrogen-bond donors (Lipinski definition) is 1. The van der Waals surface area contributed by atoms with E-state index in [9.17, 15) is 0 Å².